The average Bonchev–Trinajstić information content (AvgIpc) is 2.69. The van der Waals surface area contributed by atoms with Crippen molar-refractivity contribution >= 4 is 17.5 Å². The number of piperazine rings is 1. The highest BCUT2D eigenvalue weighted by molar-refractivity contribution is 5.92. The zero-order valence-electron chi connectivity index (χ0n) is 17.4. The number of para-hydroxylation sites is 1. The van der Waals surface area contributed by atoms with Crippen molar-refractivity contribution in [2.75, 3.05) is 57.7 Å². The van der Waals surface area contributed by atoms with Crippen LogP contribution in [0.4, 0.5) is 5.69 Å². The molecule has 0 radical (unpaired) electrons. The number of piperidine rings is 1. The molecular weight excluding hydrogens is 352 g/mol. The molecule has 1 unspecified atom stereocenters. The number of nitrogens with zero attached hydrogens (tertiary/aromatic N) is 1. The predicted molar refractivity (Wildman–Crippen MR) is 111 cm³/mol. The normalized spacial score (nSPS) is 23.4. The molecule has 0 aromatic heterocycles. The van der Waals surface area contributed by atoms with Gasteiger partial charge in [0.05, 0.1) is 39.3 Å². The van der Waals surface area contributed by atoms with E-state index in [0.717, 1.165) is 62.9 Å². The topological polar surface area (TPSA) is 58.3 Å². The minimum atomic E-state index is 0.0578. The molecule has 154 valence electrons. The first-order valence-electron chi connectivity index (χ1n) is 10.9. The van der Waals surface area contributed by atoms with Gasteiger partial charge >= 0.3 is 0 Å². The summed E-state index contributed by atoms with van der Waals surface area (Å²) in [5.41, 5.74) is 2.08. The van der Waals surface area contributed by atoms with E-state index in [-0.39, 0.29) is 11.8 Å². The third-order valence-corrected chi connectivity index (χ3v) is 6.17. The first-order chi connectivity index (χ1) is 13.5. The third-order valence-electron chi connectivity index (χ3n) is 6.17. The number of amides is 2. The molecule has 2 amide bonds. The number of carbonyl (C=O) groups excluding carboxylic acids is 2. The number of quaternary nitrogens is 2. The second kappa shape index (κ2) is 10.0. The van der Waals surface area contributed by atoms with Gasteiger partial charge in [0.1, 0.15) is 0 Å². The number of nitrogens with one attached hydrogen (secondary N) is 3. The highest BCUT2D eigenvalue weighted by Crippen LogP contribution is 2.14. The molecule has 2 fully saturated rings. The number of hydrogen-bond donors (Lipinski definition) is 3. The van der Waals surface area contributed by atoms with Crippen LogP contribution in [0, 0.1) is 5.92 Å². The zero-order valence-corrected chi connectivity index (χ0v) is 17.4. The van der Waals surface area contributed by atoms with Crippen molar-refractivity contribution in [3.8, 4) is 0 Å². The maximum atomic E-state index is 12.6. The van der Waals surface area contributed by atoms with E-state index in [1.807, 2.05) is 23.1 Å². The van der Waals surface area contributed by atoms with Crippen LogP contribution in [0.5, 0.6) is 0 Å². The largest absolute Gasteiger partial charge is 0.327 e. The van der Waals surface area contributed by atoms with E-state index < -0.39 is 0 Å². The molecular formula is C22H36N4O2+2. The number of rotatable bonds is 6. The van der Waals surface area contributed by atoms with Gasteiger partial charge in [-0.05, 0) is 30.9 Å². The van der Waals surface area contributed by atoms with Crippen molar-refractivity contribution in [3.05, 3.63) is 29.8 Å². The lowest BCUT2D eigenvalue weighted by molar-refractivity contribution is -0.902. The SMILES string of the molecule is CCc1ccccc1NC(=O)C[NH+]1CCN(C(=O)C[NH+]2CCC[C@@H](C)C2)CC1. The first-order valence-corrected chi connectivity index (χ1v) is 10.9. The Labute approximate surface area is 168 Å². The standard InChI is InChI=1S/C22H34N4O2/c1-3-19-8-4-5-9-20(19)23-21(27)16-24-11-13-26(14-12-24)22(28)17-25-10-6-7-18(2)15-25/h4-5,8-9,18H,3,6-7,10-17H2,1-2H3,(H,23,27)/p+2/t18-/m1/s1. The minimum absolute atomic E-state index is 0.0578. The molecule has 6 heteroatoms. The van der Waals surface area contributed by atoms with E-state index in [2.05, 4.69) is 25.2 Å². The molecule has 28 heavy (non-hydrogen) atoms. The smallest absolute Gasteiger partial charge is 0.279 e. The summed E-state index contributed by atoms with van der Waals surface area (Å²) in [6.07, 6.45) is 3.43. The fourth-order valence-electron chi connectivity index (χ4n) is 4.50. The monoisotopic (exact) mass is 388 g/mol. The fourth-order valence-corrected chi connectivity index (χ4v) is 4.50. The number of aryl methyl sites for hydroxylation is 1. The predicted octanol–water partition coefficient (Wildman–Crippen LogP) is -0.771. The van der Waals surface area contributed by atoms with Crippen LogP contribution in [0.1, 0.15) is 32.3 Å². The molecule has 3 N–H and O–H groups in total. The van der Waals surface area contributed by atoms with Gasteiger partial charge in [-0.15, -0.1) is 0 Å². The molecule has 2 aliphatic rings. The second-order valence-corrected chi connectivity index (χ2v) is 8.49. The molecule has 6 nitrogen and oxygen atoms in total. The van der Waals surface area contributed by atoms with Gasteiger partial charge in [-0.2, -0.15) is 0 Å². The maximum absolute atomic E-state index is 12.6. The number of hydrogen-bond acceptors (Lipinski definition) is 2. The van der Waals surface area contributed by atoms with Crippen molar-refractivity contribution < 1.29 is 19.4 Å². The highest BCUT2D eigenvalue weighted by atomic mass is 16.2. The molecule has 0 aliphatic carbocycles. The van der Waals surface area contributed by atoms with Gasteiger partial charge in [-0.25, -0.2) is 0 Å². The number of benzene rings is 1. The van der Waals surface area contributed by atoms with Crippen LogP contribution in [0.3, 0.4) is 0 Å². The molecule has 3 rings (SSSR count). The van der Waals surface area contributed by atoms with Crippen LogP contribution < -0.4 is 15.1 Å². The summed E-state index contributed by atoms with van der Waals surface area (Å²) in [6.45, 7) is 10.9. The van der Waals surface area contributed by atoms with Gasteiger partial charge in [0.25, 0.3) is 11.8 Å². The summed E-state index contributed by atoms with van der Waals surface area (Å²) in [5.74, 6) is 1.07. The Hall–Kier alpha value is -1.92. The first kappa shape index (κ1) is 20.8. The number of carbonyl (C=O) groups is 2. The molecule has 2 heterocycles. The molecule has 1 aromatic rings. The van der Waals surface area contributed by atoms with Gasteiger partial charge in [0.2, 0.25) is 0 Å². The summed E-state index contributed by atoms with van der Waals surface area (Å²) >= 11 is 0. The Kier molecular flexibility index (Phi) is 7.45. The van der Waals surface area contributed by atoms with Crippen LogP contribution in [-0.2, 0) is 16.0 Å². The highest BCUT2D eigenvalue weighted by Gasteiger charge is 2.29. The van der Waals surface area contributed by atoms with E-state index >= 15 is 0 Å². The van der Waals surface area contributed by atoms with Crippen molar-refractivity contribution in [2.45, 2.75) is 33.1 Å². The van der Waals surface area contributed by atoms with Crippen molar-refractivity contribution in [1.29, 1.82) is 0 Å². The molecule has 2 aliphatic heterocycles. The van der Waals surface area contributed by atoms with Crippen molar-refractivity contribution in [1.82, 2.24) is 4.90 Å². The molecule has 0 bridgehead atoms. The lowest BCUT2D eigenvalue weighted by atomic mass is 10.0. The quantitative estimate of drug-likeness (QED) is 0.599. The molecule has 1 aromatic carbocycles. The van der Waals surface area contributed by atoms with Gasteiger partial charge in [0.15, 0.2) is 13.1 Å². The number of anilines is 1. The molecule has 2 atom stereocenters. The Balaban J connectivity index is 1.41. The van der Waals surface area contributed by atoms with Gasteiger partial charge in [0, 0.05) is 11.6 Å². The van der Waals surface area contributed by atoms with Crippen molar-refractivity contribution in [3.63, 3.8) is 0 Å². The Morgan fingerprint density at radius 1 is 1.11 bits per heavy atom. The maximum Gasteiger partial charge on any atom is 0.279 e. The van der Waals surface area contributed by atoms with Crippen LogP contribution in [-0.4, -0.2) is 69.1 Å². The summed E-state index contributed by atoms with van der Waals surface area (Å²) < 4.78 is 0. The van der Waals surface area contributed by atoms with Gasteiger partial charge in [-0.3, -0.25) is 9.59 Å². The van der Waals surface area contributed by atoms with Crippen LogP contribution >= 0.6 is 0 Å². The summed E-state index contributed by atoms with van der Waals surface area (Å²) in [7, 11) is 0. The molecule has 0 spiro atoms. The Bertz CT molecular complexity index is 670. The van der Waals surface area contributed by atoms with E-state index in [1.54, 1.807) is 0 Å². The molecule has 2 saturated heterocycles. The Morgan fingerprint density at radius 3 is 2.57 bits per heavy atom. The van der Waals surface area contributed by atoms with E-state index in [0.29, 0.717) is 13.1 Å². The van der Waals surface area contributed by atoms with Crippen molar-refractivity contribution in [2.24, 2.45) is 5.92 Å². The summed E-state index contributed by atoms with van der Waals surface area (Å²) in [5, 5.41) is 3.06. The molecule has 0 saturated carbocycles. The van der Waals surface area contributed by atoms with E-state index in [4.69, 9.17) is 0 Å². The zero-order chi connectivity index (χ0) is 19.9. The lowest BCUT2D eigenvalue weighted by Crippen LogP contribution is -3.16. The van der Waals surface area contributed by atoms with E-state index in [1.165, 1.54) is 22.6 Å². The average molecular weight is 389 g/mol. The van der Waals surface area contributed by atoms with Gasteiger partial charge < -0.3 is 20.0 Å². The lowest BCUT2D eigenvalue weighted by Gasteiger charge is -2.33. The van der Waals surface area contributed by atoms with Crippen LogP contribution in [0.25, 0.3) is 0 Å². The summed E-state index contributed by atoms with van der Waals surface area (Å²) in [6, 6.07) is 7.98. The second-order valence-electron chi connectivity index (χ2n) is 8.49. The van der Waals surface area contributed by atoms with Gasteiger partial charge in [-0.1, -0.05) is 32.0 Å². The Morgan fingerprint density at radius 2 is 1.86 bits per heavy atom. The van der Waals surface area contributed by atoms with Crippen LogP contribution in [0.15, 0.2) is 24.3 Å². The third kappa shape index (κ3) is 5.79. The fraction of sp³-hybridized carbons (Fsp3) is 0.636. The van der Waals surface area contributed by atoms with Crippen LogP contribution in [0.2, 0.25) is 0 Å². The van der Waals surface area contributed by atoms with E-state index in [9.17, 15) is 9.59 Å². The minimum Gasteiger partial charge on any atom is -0.327 e. The summed E-state index contributed by atoms with van der Waals surface area (Å²) in [4.78, 5) is 29.8. The number of likely N-dealkylation sites (tertiary alicyclic amines) is 1.